The van der Waals surface area contributed by atoms with Crippen LogP contribution < -0.4 is 16.0 Å². The Morgan fingerprint density at radius 2 is 1.67 bits per heavy atom. The average Bonchev–Trinajstić information content (AvgIpc) is 3.34. The molecule has 0 radical (unpaired) electrons. The van der Waals surface area contributed by atoms with Crippen molar-refractivity contribution in [1.82, 2.24) is 29.7 Å². The molecular weight excluding hydrogens is 504 g/mol. The molecule has 0 fully saturated rings. The van der Waals surface area contributed by atoms with E-state index in [4.69, 9.17) is 14.2 Å². The molecule has 2 unspecified atom stereocenters. The molecule has 15 heteroatoms. The summed E-state index contributed by atoms with van der Waals surface area (Å²) >= 11 is 0. The zero-order valence-electron chi connectivity index (χ0n) is 22.7. The minimum Gasteiger partial charge on any atom is -0.385 e. The van der Waals surface area contributed by atoms with Crippen molar-refractivity contribution >= 4 is 29.1 Å². The van der Waals surface area contributed by atoms with E-state index in [1.165, 1.54) is 10.9 Å². The Bertz CT molecular complexity index is 1250. The molecule has 2 atom stereocenters. The van der Waals surface area contributed by atoms with Crippen LogP contribution in [-0.2, 0) is 14.2 Å². The molecule has 208 valence electrons. The van der Waals surface area contributed by atoms with Gasteiger partial charge < -0.3 is 30.2 Å². The van der Waals surface area contributed by atoms with Gasteiger partial charge in [0.2, 0.25) is 11.8 Å². The highest BCUT2D eigenvalue weighted by Gasteiger charge is 2.19. The number of azo groups is 1. The number of aromatic nitrogens is 6. The lowest BCUT2D eigenvalue weighted by Gasteiger charge is -2.19. The monoisotopic (exact) mass is 538 g/mol. The van der Waals surface area contributed by atoms with E-state index < -0.39 is 0 Å². The maximum Gasteiger partial charge on any atom is 0.250 e. The van der Waals surface area contributed by atoms with Crippen molar-refractivity contribution in [2.24, 2.45) is 10.2 Å². The van der Waals surface area contributed by atoms with Crippen molar-refractivity contribution in [1.29, 1.82) is 5.26 Å². The van der Waals surface area contributed by atoms with Gasteiger partial charge in [-0.15, -0.1) is 15.3 Å². The highest BCUT2D eigenvalue weighted by atomic mass is 16.5. The molecular formula is C24H34N12O3. The molecule has 3 N–H and O–H groups in total. The SMILES string of the molecule is COCCCNc1nc(NC(C)COC)nc(NC(C)COC)c1N=Nc1nn(-c2ncccn2)cc1C#N. The summed E-state index contributed by atoms with van der Waals surface area (Å²) in [6, 6.07) is 3.62. The summed E-state index contributed by atoms with van der Waals surface area (Å²) in [6.07, 6.45) is 5.40. The average molecular weight is 539 g/mol. The predicted octanol–water partition coefficient (Wildman–Crippen LogP) is 3.08. The van der Waals surface area contributed by atoms with Crippen LogP contribution in [0, 0.1) is 11.3 Å². The van der Waals surface area contributed by atoms with Gasteiger partial charge in [0.05, 0.1) is 19.4 Å². The van der Waals surface area contributed by atoms with Crippen molar-refractivity contribution in [2.45, 2.75) is 32.4 Å². The molecule has 3 heterocycles. The fraction of sp³-hybridized carbons (Fsp3) is 0.500. The largest absolute Gasteiger partial charge is 0.385 e. The molecule has 0 aliphatic rings. The molecule has 0 spiro atoms. The molecule has 0 saturated carbocycles. The van der Waals surface area contributed by atoms with Gasteiger partial charge in [0.25, 0.3) is 5.95 Å². The summed E-state index contributed by atoms with van der Waals surface area (Å²) in [5.41, 5.74) is 0.547. The van der Waals surface area contributed by atoms with Crippen molar-refractivity contribution in [3.05, 3.63) is 30.2 Å². The maximum atomic E-state index is 9.65. The lowest BCUT2D eigenvalue weighted by atomic mass is 10.3. The highest BCUT2D eigenvalue weighted by Crippen LogP contribution is 2.34. The van der Waals surface area contributed by atoms with Gasteiger partial charge >= 0.3 is 0 Å². The first-order chi connectivity index (χ1) is 19.0. The van der Waals surface area contributed by atoms with Crippen molar-refractivity contribution in [3.8, 4) is 12.0 Å². The number of nitrogens with zero attached hydrogens (tertiary/aromatic N) is 9. The topological polar surface area (TPSA) is 182 Å². The van der Waals surface area contributed by atoms with Gasteiger partial charge in [-0.1, -0.05) is 0 Å². The summed E-state index contributed by atoms with van der Waals surface area (Å²) in [5, 5.41) is 32.6. The Morgan fingerprint density at radius 1 is 0.974 bits per heavy atom. The third-order valence-electron chi connectivity index (χ3n) is 5.11. The van der Waals surface area contributed by atoms with E-state index in [1.54, 1.807) is 39.8 Å². The molecule has 3 aromatic rings. The molecule has 0 bridgehead atoms. The van der Waals surface area contributed by atoms with E-state index in [9.17, 15) is 5.26 Å². The van der Waals surface area contributed by atoms with Gasteiger partial charge in [0.1, 0.15) is 11.6 Å². The van der Waals surface area contributed by atoms with Crippen LogP contribution in [0.4, 0.5) is 29.1 Å². The first-order valence-electron chi connectivity index (χ1n) is 12.3. The Hall–Kier alpha value is -4.26. The van der Waals surface area contributed by atoms with E-state index in [-0.39, 0.29) is 23.5 Å². The fourth-order valence-corrected chi connectivity index (χ4v) is 3.43. The Kier molecular flexibility index (Phi) is 11.4. The van der Waals surface area contributed by atoms with E-state index in [0.717, 1.165) is 6.42 Å². The first kappa shape index (κ1) is 29.3. The minimum absolute atomic E-state index is 0.0459. The summed E-state index contributed by atoms with van der Waals surface area (Å²) < 4.78 is 17.1. The molecule has 3 aromatic heterocycles. The van der Waals surface area contributed by atoms with Gasteiger partial charge in [-0.2, -0.15) is 15.2 Å². The number of hydrogen-bond donors (Lipinski definition) is 3. The maximum absolute atomic E-state index is 9.65. The molecule has 0 aromatic carbocycles. The van der Waals surface area contributed by atoms with Gasteiger partial charge in [-0.3, -0.25) is 0 Å². The number of nitrogens with one attached hydrogen (secondary N) is 3. The third kappa shape index (κ3) is 8.64. The standard InChI is InChI=1S/C24H34N12O3/c1-16(14-38-4)29-22-19(21(26-10-7-11-37-3)31-23(32-22)30-17(2)15-39-5)33-34-20-18(12-25)13-36(35-20)24-27-8-6-9-28-24/h6,8-9,13,16-17H,7,10-11,14-15H2,1-5H3,(H3,26,29,30,31,32). The normalized spacial score (nSPS) is 12.7. The van der Waals surface area contributed by atoms with Gasteiger partial charge in [0, 0.05) is 59.0 Å². The Balaban J connectivity index is 2.04. The van der Waals surface area contributed by atoms with E-state index in [1.807, 2.05) is 13.8 Å². The number of ether oxygens (including phenoxy) is 3. The molecule has 3 rings (SSSR count). The predicted molar refractivity (Wildman–Crippen MR) is 145 cm³/mol. The van der Waals surface area contributed by atoms with Crippen molar-refractivity contribution in [3.63, 3.8) is 0 Å². The lowest BCUT2D eigenvalue weighted by molar-refractivity contribution is 0.190. The molecule has 0 amide bonds. The van der Waals surface area contributed by atoms with Crippen LogP contribution in [0.1, 0.15) is 25.8 Å². The smallest absolute Gasteiger partial charge is 0.250 e. The summed E-state index contributed by atoms with van der Waals surface area (Å²) in [6.45, 7) is 5.95. The fourth-order valence-electron chi connectivity index (χ4n) is 3.43. The molecule has 15 nitrogen and oxygen atoms in total. The summed E-state index contributed by atoms with van der Waals surface area (Å²) in [4.78, 5) is 17.6. The van der Waals surface area contributed by atoms with Crippen LogP contribution in [0.15, 0.2) is 34.9 Å². The number of nitriles is 1. The van der Waals surface area contributed by atoms with Crippen LogP contribution in [-0.4, -0.2) is 89.5 Å². The van der Waals surface area contributed by atoms with Gasteiger partial charge in [0.15, 0.2) is 17.3 Å². The van der Waals surface area contributed by atoms with E-state index in [2.05, 4.69) is 57.3 Å². The Morgan fingerprint density at radius 3 is 2.33 bits per heavy atom. The number of rotatable bonds is 16. The second kappa shape index (κ2) is 15.2. The van der Waals surface area contributed by atoms with Gasteiger partial charge in [-0.25, -0.2) is 14.6 Å². The van der Waals surface area contributed by atoms with Crippen LogP contribution in [0.2, 0.25) is 0 Å². The van der Waals surface area contributed by atoms with Crippen molar-refractivity contribution < 1.29 is 14.2 Å². The highest BCUT2D eigenvalue weighted by molar-refractivity contribution is 5.75. The van der Waals surface area contributed by atoms with E-state index >= 15 is 0 Å². The zero-order chi connectivity index (χ0) is 28.0. The van der Waals surface area contributed by atoms with Crippen LogP contribution in [0.3, 0.4) is 0 Å². The number of hydrogen-bond acceptors (Lipinski definition) is 14. The van der Waals surface area contributed by atoms with Crippen LogP contribution in [0.25, 0.3) is 5.95 Å². The number of anilines is 3. The zero-order valence-corrected chi connectivity index (χ0v) is 22.7. The number of methoxy groups -OCH3 is 3. The molecule has 0 aliphatic carbocycles. The lowest BCUT2D eigenvalue weighted by Crippen LogP contribution is -2.25. The van der Waals surface area contributed by atoms with Crippen molar-refractivity contribution in [2.75, 3.05) is 63.6 Å². The Labute approximate surface area is 227 Å². The van der Waals surface area contributed by atoms with Crippen LogP contribution >= 0.6 is 0 Å². The minimum atomic E-state index is -0.103. The molecule has 39 heavy (non-hydrogen) atoms. The summed E-state index contributed by atoms with van der Waals surface area (Å²) in [7, 11) is 4.90. The molecule has 0 aliphatic heterocycles. The molecule has 0 saturated heterocycles. The summed E-state index contributed by atoms with van der Waals surface area (Å²) in [5.74, 6) is 1.64. The second-order valence-corrected chi connectivity index (χ2v) is 8.54. The first-order valence-corrected chi connectivity index (χ1v) is 12.3. The van der Waals surface area contributed by atoms with Crippen LogP contribution in [0.5, 0.6) is 0 Å². The van der Waals surface area contributed by atoms with E-state index in [0.29, 0.717) is 55.6 Å². The quantitative estimate of drug-likeness (QED) is 0.179. The third-order valence-corrected chi connectivity index (χ3v) is 5.11. The van der Waals surface area contributed by atoms with Gasteiger partial charge in [-0.05, 0) is 26.3 Å². The second-order valence-electron chi connectivity index (χ2n) is 8.54.